The van der Waals surface area contributed by atoms with Crippen molar-refractivity contribution in [1.29, 1.82) is 0 Å². The fourth-order valence-electron chi connectivity index (χ4n) is 1.75. The third kappa shape index (κ3) is 7.43. The van der Waals surface area contributed by atoms with Crippen molar-refractivity contribution in [3.8, 4) is 0 Å². The summed E-state index contributed by atoms with van der Waals surface area (Å²) in [7, 11) is 1.72. The first-order valence-corrected chi connectivity index (χ1v) is 8.17. The smallest absolute Gasteiger partial charge is 0.306 e. The van der Waals surface area contributed by atoms with Crippen LogP contribution in [-0.4, -0.2) is 37.8 Å². The zero-order valence-corrected chi connectivity index (χ0v) is 14.2. The zero-order chi connectivity index (χ0) is 15.7. The van der Waals surface area contributed by atoms with E-state index < -0.39 is 0 Å². The molecule has 0 bridgehead atoms. The van der Waals surface area contributed by atoms with Gasteiger partial charge in [0.1, 0.15) is 0 Å². The number of carbonyl (C=O) groups is 1. The molecule has 1 aromatic heterocycles. The summed E-state index contributed by atoms with van der Waals surface area (Å²) < 4.78 is 10.0. The molecule has 0 aliphatic heterocycles. The molecule has 0 radical (unpaired) electrons. The quantitative estimate of drug-likeness (QED) is 0.672. The topological polar surface area (TPSA) is 60.5 Å². The summed E-state index contributed by atoms with van der Waals surface area (Å²) in [6.45, 7) is 8.26. The maximum absolute atomic E-state index is 11.3. The molecule has 1 N–H and O–H groups in total. The van der Waals surface area contributed by atoms with Gasteiger partial charge in [-0.15, -0.1) is 11.3 Å². The van der Waals surface area contributed by atoms with Crippen molar-refractivity contribution in [2.24, 2.45) is 5.41 Å². The largest absolute Gasteiger partial charge is 0.466 e. The SMILES string of the molecule is CCOC(=O)CCc1csc(NCC(C)(C)CCOC)n1. The number of rotatable bonds is 10. The molecule has 5 nitrogen and oxygen atoms in total. The Morgan fingerprint density at radius 1 is 1.48 bits per heavy atom. The monoisotopic (exact) mass is 314 g/mol. The average molecular weight is 314 g/mol. The van der Waals surface area contributed by atoms with E-state index in [1.54, 1.807) is 18.4 Å². The zero-order valence-electron chi connectivity index (χ0n) is 13.4. The van der Waals surface area contributed by atoms with Crippen LogP contribution in [0.15, 0.2) is 5.38 Å². The van der Waals surface area contributed by atoms with Gasteiger partial charge >= 0.3 is 5.97 Å². The summed E-state index contributed by atoms with van der Waals surface area (Å²) >= 11 is 1.57. The first-order chi connectivity index (χ1) is 9.96. The predicted octanol–water partition coefficient (Wildman–Crippen LogP) is 3.11. The number of aryl methyl sites for hydroxylation is 1. The van der Waals surface area contributed by atoms with Crippen LogP contribution in [-0.2, 0) is 20.7 Å². The van der Waals surface area contributed by atoms with E-state index in [1.165, 1.54) is 0 Å². The molecule has 0 saturated carbocycles. The molecule has 0 fully saturated rings. The van der Waals surface area contributed by atoms with Crippen molar-refractivity contribution in [2.45, 2.75) is 40.0 Å². The minimum absolute atomic E-state index is 0.159. The number of carbonyl (C=O) groups excluding carboxylic acids is 1. The molecule has 0 atom stereocenters. The van der Waals surface area contributed by atoms with Crippen molar-refractivity contribution >= 4 is 22.4 Å². The number of thiazole rings is 1. The van der Waals surface area contributed by atoms with E-state index in [0.29, 0.717) is 19.4 Å². The molecule has 0 aromatic carbocycles. The Kier molecular flexibility index (Phi) is 7.67. The number of anilines is 1. The molecule has 6 heteroatoms. The molecule has 21 heavy (non-hydrogen) atoms. The fourth-order valence-corrected chi connectivity index (χ4v) is 2.49. The molecular weight excluding hydrogens is 288 g/mol. The summed E-state index contributed by atoms with van der Waals surface area (Å²) in [5.74, 6) is -0.166. The highest BCUT2D eigenvalue weighted by molar-refractivity contribution is 7.13. The van der Waals surface area contributed by atoms with Crippen LogP contribution in [0.2, 0.25) is 0 Å². The lowest BCUT2D eigenvalue weighted by atomic mass is 9.90. The number of aromatic nitrogens is 1. The Labute approximate surface area is 131 Å². The van der Waals surface area contributed by atoms with Crippen molar-refractivity contribution in [3.63, 3.8) is 0 Å². The number of esters is 1. The average Bonchev–Trinajstić information content (AvgIpc) is 2.89. The van der Waals surface area contributed by atoms with Gasteiger partial charge in [-0.1, -0.05) is 13.8 Å². The summed E-state index contributed by atoms with van der Waals surface area (Å²) in [4.78, 5) is 15.8. The molecule has 1 rings (SSSR count). The van der Waals surface area contributed by atoms with Gasteiger partial charge in [0.2, 0.25) is 0 Å². The number of methoxy groups -OCH3 is 1. The van der Waals surface area contributed by atoms with E-state index >= 15 is 0 Å². The second kappa shape index (κ2) is 9.00. The molecule has 1 heterocycles. The highest BCUT2D eigenvalue weighted by atomic mass is 32.1. The van der Waals surface area contributed by atoms with Gasteiger partial charge < -0.3 is 14.8 Å². The van der Waals surface area contributed by atoms with Gasteiger partial charge in [-0.2, -0.15) is 0 Å². The van der Waals surface area contributed by atoms with Crippen molar-refractivity contribution in [1.82, 2.24) is 4.98 Å². The molecule has 0 aliphatic carbocycles. The normalized spacial score (nSPS) is 11.4. The van der Waals surface area contributed by atoms with Crippen molar-refractivity contribution in [3.05, 3.63) is 11.1 Å². The number of ether oxygens (including phenoxy) is 2. The fraction of sp³-hybridized carbons (Fsp3) is 0.733. The predicted molar refractivity (Wildman–Crippen MR) is 85.8 cm³/mol. The summed E-state index contributed by atoms with van der Waals surface area (Å²) in [6, 6.07) is 0. The summed E-state index contributed by atoms with van der Waals surface area (Å²) in [5, 5.41) is 6.25. The van der Waals surface area contributed by atoms with E-state index in [0.717, 1.165) is 30.4 Å². The van der Waals surface area contributed by atoms with E-state index in [4.69, 9.17) is 9.47 Å². The number of hydrogen-bond acceptors (Lipinski definition) is 6. The Hall–Kier alpha value is -1.14. The van der Waals surface area contributed by atoms with Crippen molar-refractivity contribution < 1.29 is 14.3 Å². The molecule has 120 valence electrons. The van der Waals surface area contributed by atoms with E-state index in [9.17, 15) is 4.79 Å². The Morgan fingerprint density at radius 2 is 2.24 bits per heavy atom. The highest BCUT2D eigenvalue weighted by Crippen LogP contribution is 2.23. The first kappa shape index (κ1) is 17.9. The number of nitrogens with zero attached hydrogens (tertiary/aromatic N) is 1. The van der Waals surface area contributed by atoms with Crippen LogP contribution in [0.4, 0.5) is 5.13 Å². The second-order valence-corrected chi connectivity index (χ2v) is 6.57. The van der Waals surface area contributed by atoms with Gasteiger partial charge in [0.05, 0.1) is 18.7 Å². The van der Waals surface area contributed by atoms with Gasteiger partial charge in [-0.25, -0.2) is 4.98 Å². The minimum Gasteiger partial charge on any atom is -0.466 e. The Balaban J connectivity index is 2.36. The van der Waals surface area contributed by atoms with E-state index in [-0.39, 0.29) is 11.4 Å². The molecule has 0 saturated heterocycles. The van der Waals surface area contributed by atoms with Crippen LogP contribution in [0.3, 0.4) is 0 Å². The van der Waals surface area contributed by atoms with Gasteiger partial charge in [0, 0.05) is 32.1 Å². The van der Waals surface area contributed by atoms with Crippen LogP contribution in [0.5, 0.6) is 0 Å². The van der Waals surface area contributed by atoms with Gasteiger partial charge in [-0.05, 0) is 18.8 Å². The third-order valence-electron chi connectivity index (χ3n) is 3.14. The maximum Gasteiger partial charge on any atom is 0.306 e. The summed E-state index contributed by atoms with van der Waals surface area (Å²) in [5.41, 5.74) is 1.09. The maximum atomic E-state index is 11.3. The lowest BCUT2D eigenvalue weighted by molar-refractivity contribution is -0.143. The van der Waals surface area contributed by atoms with Gasteiger partial charge in [0.25, 0.3) is 0 Å². The summed E-state index contributed by atoms with van der Waals surface area (Å²) in [6.07, 6.45) is 2.01. The number of hydrogen-bond donors (Lipinski definition) is 1. The minimum atomic E-state index is -0.166. The first-order valence-electron chi connectivity index (χ1n) is 7.29. The van der Waals surface area contributed by atoms with E-state index in [1.807, 2.05) is 12.3 Å². The lowest BCUT2D eigenvalue weighted by Gasteiger charge is -2.24. The van der Waals surface area contributed by atoms with E-state index in [2.05, 4.69) is 24.1 Å². The molecule has 0 aliphatic rings. The molecular formula is C15H26N2O3S. The van der Waals surface area contributed by atoms with Crippen LogP contribution in [0.1, 0.15) is 39.3 Å². The molecule has 0 unspecified atom stereocenters. The third-order valence-corrected chi connectivity index (χ3v) is 3.99. The molecule has 0 amide bonds. The van der Waals surface area contributed by atoms with Gasteiger partial charge in [0.15, 0.2) is 5.13 Å². The van der Waals surface area contributed by atoms with Crippen LogP contribution in [0, 0.1) is 5.41 Å². The lowest BCUT2D eigenvalue weighted by Crippen LogP contribution is -2.24. The van der Waals surface area contributed by atoms with Crippen molar-refractivity contribution in [2.75, 3.05) is 32.2 Å². The molecule has 1 aromatic rings. The van der Waals surface area contributed by atoms with Gasteiger partial charge in [-0.3, -0.25) is 4.79 Å². The Bertz CT molecular complexity index is 432. The Morgan fingerprint density at radius 3 is 2.90 bits per heavy atom. The van der Waals surface area contributed by atoms with Crippen LogP contribution < -0.4 is 5.32 Å². The van der Waals surface area contributed by atoms with Crippen LogP contribution >= 0.6 is 11.3 Å². The number of nitrogens with one attached hydrogen (secondary N) is 1. The second-order valence-electron chi connectivity index (χ2n) is 5.71. The molecule has 0 spiro atoms. The highest BCUT2D eigenvalue weighted by Gasteiger charge is 2.18. The standard InChI is InChI=1S/C15H26N2O3S/c1-5-20-13(18)7-6-12-10-21-14(17-12)16-11-15(2,3)8-9-19-4/h10H,5-9,11H2,1-4H3,(H,16,17). The van der Waals surface area contributed by atoms with Crippen LogP contribution in [0.25, 0.3) is 0 Å².